The van der Waals surface area contributed by atoms with Gasteiger partial charge in [0, 0.05) is 6.04 Å². The van der Waals surface area contributed by atoms with Gasteiger partial charge in [-0.1, -0.05) is 19.1 Å². The van der Waals surface area contributed by atoms with Gasteiger partial charge in [-0.2, -0.15) is 0 Å². The second-order valence-electron chi connectivity index (χ2n) is 4.58. The van der Waals surface area contributed by atoms with Crippen molar-refractivity contribution in [2.45, 2.75) is 25.8 Å². The van der Waals surface area contributed by atoms with Gasteiger partial charge in [-0.25, -0.2) is 0 Å². The van der Waals surface area contributed by atoms with Gasteiger partial charge in [-0.05, 0) is 30.0 Å². The van der Waals surface area contributed by atoms with Crippen molar-refractivity contribution in [2.75, 3.05) is 6.61 Å². The second-order valence-corrected chi connectivity index (χ2v) is 4.58. The number of primary amides is 1. The van der Waals surface area contributed by atoms with E-state index in [9.17, 15) is 4.79 Å². The molecule has 0 radical (unpaired) electrons. The van der Waals surface area contributed by atoms with Crippen LogP contribution >= 0.6 is 0 Å². The Bertz CT molecular complexity index is 431. The number of hydrogen-bond donors (Lipinski definition) is 2. The van der Waals surface area contributed by atoms with Crippen LogP contribution in [-0.2, 0) is 11.2 Å². The SMILES string of the molecule is CC(COc1cccc2c1CCC2N)C(N)=O. The lowest BCUT2D eigenvalue weighted by atomic mass is 10.1. The van der Waals surface area contributed by atoms with Gasteiger partial charge in [0.1, 0.15) is 5.75 Å². The molecule has 4 heteroatoms. The number of carbonyl (C=O) groups is 1. The van der Waals surface area contributed by atoms with Crippen molar-refractivity contribution >= 4 is 5.91 Å². The zero-order valence-corrected chi connectivity index (χ0v) is 9.98. The van der Waals surface area contributed by atoms with Gasteiger partial charge in [-0.3, -0.25) is 4.79 Å². The highest BCUT2D eigenvalue weighted by atomic mass is 16.5. The maximum atomic E-state index is 10.9. The molecule has 2 atom stereocenters. The van der Waals surface area contributed by atoms with E-state index in [1.165, 1.54) is 5.56 Å². The second kappa shape index (κ2) is 4.75. The van der Waals surface area contributed by atoms with Crippen LogP contribution in [0.1, 0.15) is 30.5 Å². The minimum Gasteiger partial charge on any atom is -0.492 e. The van der Waals surface area contributed by atoms with Gasteiger partial charge in [0.15, 0.2) is 0 Å². The number of carbonyl (C=O) groups excluding carboxylic acids is 1. The molecule has 4 N–H and O–H groups in total. The molecule has 1 aromatic rings. The van der Waals surface area contributed by atoms with Gasteiger partial charge >= 0.3 is 0 Å². The van der Waals surface area contributed by atoms with E-state index in [0.717, 1.165) is 24.2 Å². The van der Waals surface area contributed by atoms with Crippen molar-refractivity contribution in [1.82, 2.24) is 0 Å². The van der Waals surface area contributed by atoms with Crippen LogP contribution in [0.2, 0.25) is 0 Å². The highest BCUT2D eigenvalue weighted by Crippen LogP contribution is 2.35. The van der Waals surface area contributed by atoms with Gasteiger partial charge in [-0.15, -0.1) is 0 Å². The highest BCUT2D eigenvalue weighted by molar-refractivity contribution is 5.76. The largest absolute Gasteiger partial charge is 0.492 e. The van der Waals surface area contributed by atoms with Crippen LogP contribution in [0, 0.1) is 5.92 Å². The van der Waals surface area contributed by atoms with Gasteiger partial charge in [0.2, 0.25) is 5.91 Å². The number of fused-ring (bicyclic) bond motifs is 1. The average Bonchev–Trinajstić information content (AvgIpc) is 2.69. The Morgan fingerprint density at radius 1 is 1.59 bits per heavy atom. The van der Waals surface area contributed by atoms with Crippen molar-refractivity contribution in [3.63, 3.8) is 0 Å². The number of hydrogen-bond acceptors (Lipinski definition) is 3. The number of benzene rings is 1. The Labute approximate surface area is 101 Å². The smallest absolute Gasteiger partial charge is 0.223 e. The zero-order valence-electron chi connectivity index (χ0n) is 9.98. The standard InChI is InChI=1S/C13H18N2O2/c1-8(13(15)16)7-17-12-4-2-3-9-10(12)5-6-11(9)14/h2-4,8,11H,5-7,14H2,1H3,(H2,15,16). The molecule has 17 heavy (non-hydrogen) atoms. The molecule has 1 amide bonds. The number of ether oxygens (including phenoxy) is 1. The highest BCUT2D eigenvalue weighted by Gasteiger charge is 2.22. The minimum atomic E-state index is -0.339. The molecule has 1 aliphatic rings. The summed E-state index contributed by atoms with van der Waals surface area (Å²) in [5, 5.41) is 0. The lowest BCUT2D eigenvalue weighted by Crippen LogP contribution is -2.26. The molecule has 0 saturated carbocycles. The summed E-state index contributed by atoms with van der Waals surface area (Å²) < 4.78 is 5.66. The summed E-state index contributed by atoms with van der Waals surface area (Å²) in [7, 11) is 0. The summed E-state index contributed by atoms with van der Waals surface area (Å²) in [5.74, 6) is 0.221. The van der Waals surface area contributed by atoms with E-state index in [4.69, 9.17) is 16.2 Å². The summed E-state index contributed by atoms with van der Waals surface area (Å²) in [6.45, 7) is 2.08. The third kappa shape index (κ3) is 2.42. The molecule has 0 spiro atoms. The fourth-order valence-electron chi connectivity index (χ4n) is 2.09. The molecule has 0 aliphatic heterocycles. The summed E-state index contributed by atoms with van der Waals surface area (Å²) in [5.41, 5.74) is 13.5. The maximum absolute atomic E-state index is 10.9. The molecular weight excluding hydrogens is 216 g/mol. The predicted octanol–water partition coefficient (Wildman–Crippen LogP) is 1.13. The van der Waals surface area contributed by atoms with E-state index in [-0.39, 0.29) is 17.9 Å². The molecule has 2 unspecified atom stereocenters. The molecule has 1 aliphatic carbocycles. The molecule has 92 valence electrons. The van der Waals surface area contributed by atoms with E-state index in [2.05, 4.69) is 0 Å². The van der Waals surface area contributed by atoms with Gasteiger partial charge in [0.05, 0.1) is 12.5 Å². The van der Waals surface area contributed by atoms with Crippen molar-refractivity contribution in [1.29, 1.82) is 0 Å². The number of amides is 1. The van der Waals surface area contributed by atoms with Gasteiger partial charge in [0.25, 0.3) is 0 Å². The van der Waals surface area contributed by atoms with Crippen molar-refractivity contribution in [3.05, 3.63) is 29.3 Å². The van der Waals surface area contributed by atoms with Crippen LogP contribution < -0.4 is 16.2 Å². The molecule has 0 heterocycles. The first-order chi connectivity index (χ1) is 8.09. The first-order valence-electron chi connectivity index (χ1n) is 5.89. The minimum absolute atomic E-state index is 0.113. The van der Waals surface area contributed by atoms with Crippen molar-refractivity contribution in [2.24, 2.45) is 17.4 Å². The summed E-state index contributed by atoms with van der Waals surface area (Å²) in [4.78, 5) is 10.9. The van der Waals surface area contributed by atoms with Crippen LogP contribution in [0.15, 0.2) is 18.2 Å². The Morgan fingerprint density at radius 3 is 3.06 bits per heavy atom. The quantitative estimate of drug-likeness (QED) is 0.819. The normalized spacial score (nSPS) is 19.8. The van der Waals surface area contributed by atoms with Crippen molar-refractivity contribution in [3.8, 4) is 5.75 Å². The van der Waals surface area contributed by atoms with Crippen LogP contribution in [0.25, 0.3) is 0 Å². The van der Waals surface area contributed by atoms with Gasteiger partial charge < -0.3 is 16.2 Å². The van der Waals surface area contributed by atoms with E-state index in [1.54, 1.807) is 6.92 Å². The Morgan fingerprint density at radius 2 is 2.35 bits per heavy atom. The third-order valence-electron chi connectivity index (χ3n) is 3.25. The molecule has 0 bridgehead atoms. The van der Waals surface area contributed by atoms with Crippen LogP contribution in [0.3, 0.4) is 0 Å². The summed E-state index contributed by atoms with van der Waals surface area (Å²) in [6, 6.07) is 6.01. The topological polar surface area (TPSA) is 78.3 Å². The van der Waals surface area contributed by atoms with Crippen LogP contribution in [-0.4, -0.2) is 12.5 Å². The molecule has 0 aromatic heterocycles. The van der Waals surface area contributed by atoms with Crippen LogP contribution in [0.5, 0.6) is 5.75 Å². The Balaban J connectivity index is 2.10. The molecular formula is C13H18N2O2. The number of rotatable bonds is 4. The first kappa shape index (κ1) is 11.9. The van der Waals surface area contributed by atoms with E-state index >= 15 is 0 Å². The van der Waals surface area contributed by atoms with Crippen LogP contribution in [0.4, 0.5) is 0 Å². The molecule has 4 nitrogen and oxygen atoms in total. The van der Waals surface area contributed by atoms with E-state index in [0.29, 0.717) is 6.61 Å². The fourth-order valence-corrected chi connectivity index (χ4v) is 2.09. The summed E-state index contributed by atoms with van der Waals surface area (Å²) >= 11 is 0. The number of nitrogens with two attached hydrogens (primary N) is 2. The molecule has 1 aromatic carbocycles. The van der Waals surface area contributed by atoms with Crippen molar-refractivity contribution < 1.29 is 9.53 Å². The maximum Gasteiger partial charge on any atom is 0.223 e. The lowest BCUT2D eigenvalue weighted by molar-refractivity contribution is -0.122. The zero-order chi connectivity index (χ0) is 12.4. The molecule has 0 fully saturated rings. The van der Waals surface area contributed by atoms with E-state index in [1.807, 2.05) is 18.2 Å². The van der Waals surface area contributed by atoms with E-state index < -0.39 is 0 Å². The molecule has 2 rings (SSSR count). The Hall–Kier alpha value is -1.55. The first-order valence-corrected chi connectivity index (χ1v) is 5.89. The predicted molar refractivity (Wildman–Crippen MR) is 65.5 cm³/mol. The fraction of sp³-hybridized carbons (Fsp3) is 0.462. The average molecular weight is 234 g/mol. The molecule has 0 saturated heterocycles. The lowest BCUT2D eigenvalue weighted by Gasteiger charge is -2.13. The Kier molecular flexibility index (Phi) is 3.33. The third-order valence-corrected chi connectivity index (χ3v) is 3.25. The monoisotopic (exact) mass is 234 g/mol. The summed E-state index contributed by atoms with van der Waals surface area (Å²) in [6.07, 6.45) is 1.90.